The highest BCUT2D eigenvalue weighted by Gasteiger charge is 2.35. The average molecular weight is 574 g/mol. The third-order valence-electron chi connectivity index (χ3n) is 6.20. The number of carbonyl (C=O) groups is 3. The van der Waals surface area contributed by atoms with Gasteiger partial charge in [0.25, 0.3) is 5.69 Å². The van der Waals surface area contributed by atoms with Crippen LogP contribution in [0.4, 0.5) is 5.69 Å². The van der Waals surface area contributed by atoms with Gasteiger partial charge in [0.2, 0.25) is 7.37 Å². The summed E-state index contributed by atoms with van der Waals surface area (Å²) < 4.78 is 19.9. The van der Waals surface area contributed by atoms with Crippen molar-refractivity contribution in [2.75, 3.05) is 78.2 Å². The van der Waals surface area contributed by atoms with Crippen LogP contribution in [-0.4, -0.2) is 137 Å². The smallest absolute Gasteiger partial charge is 0.317 e. The number of non-ortho nitro benzene ring substituents is 1. The van der Waals surface area contributed by atoms with E-state index in [4.69, 9.17) is 4.52 Å². The maximum absolute atomic E-state index is 14.2. The zero-order valence-electron chi connectivity index (χ0n) is 21.8. The zero-order chi connectivity index (χ0) is 29.0. The number of rotatable bonds is 12. The summed E-state index contributed by atoms with van der Waals surface area (Å²) in [7, 11) is -3.68. The third-order valence-corrected chi connectivity index (χ3v) is 8.86. The van der Waals surface area contributed by atoms with Gasteiger partial charge >= 0.3 is 17.9 Å². The summed E-state index contributed by atoms with van der Waals surface area (Å²) in [6.07, 6.45) is -0.166. The van der Waals surface area contributed by atoms with Crippen molar-refractivity contribution in [3.63, 3.8) is 0 Å². The molecule has 15 nitrogen and oxygen atoms in total. The lowest BCUT2D eigenvalue weighted by Crippen LogP contribution is -2.53. The van der Waals surface area contributed by atoms with Gasteiger partial charge in [-0.05, 0) is 19.1 Å². The molecule has 0 bridgehead atoms. The maximum Gasteiger partial charge on any atom is 0.317 e. The summed E-state index contributed by atoms with van der Waals surface area (Å²) in [5, 5.41) is 42.9. The van der Waals surface area contributed by atoms with E-state index in [0.29, 0.717) is 19.6 Å². The van der Waals surface area contributed by atoms with Gasteiger partial charge in [-0.1, -0.05) is 0 Å². The number of aliphatic carboxylic acids is 3. The minimum absolute atomic E-state index is 0.0184. The van der Waals surface area contributed by atoms with Crippen molar-refractivity contribution in [2.24, 2.45) is 0 Å². The Bertz CT molecular complexity index is 1040. The van der Waals surface area contributed by atoms with Crippen LogP contribution in [0.25, 0.3) is 0 Å². The van der Waals surface area contributed by atoms with Gasteiger partial charge in [0.15, 0.2) is 0 Å². The van der Waals surface area contributed by atoms with Crippen molar-refractivity contribution in [3.8, 4) is 0 Å². The van der Waals surface area contributed by atoms with Crippen LogP contribution in [0.3, 0.4) is 0 Å². The van der Waals surface area contributed by atoms with Crippen LogP contribution in [0, 0.1) is 10.1 Å². The minimum Gasteiger partial charge on any atom is -0.480 e. The van der Waals surface area contributed by atoms with Crippen LogP contribution >= 0.6 is 7.37 Å². The summed E-state index contributed by atoms with van der Waals surface area (Å²) in [5.41, 5.74) is -0.190. The van der Waals surface area contributed by atoms with Gasteiger partial charge in [0.05, 0.1) is 31.2 Å². The Labute approximate surface area is 225 Å². The van der Waals surface area contributed by atoms with Crippen molar-refractivity contribution >= 4 is 36.3 Å². The molecule has 0 saturated carbocycles. The second-order valence-electron chi connectivity index (χ2n) is 9.11. The van der Waals surface area contributed by atoms with Crippen molar-refractivity contribution in [3.05, 3.63) is 34.4 Å². The summed E-state index contributed by atoms with van der Waals surface area (Å²) in [4.78, 5) is 50.1. The number of nitrogens with zero attached hydrogens (tertiary/aromatic N) is 4. The van der Waals surface area contributed by atoms with Crippen molar-refractivity contribution in [1.82, 2.24) is 20.0 Å². The fourth-order valence-corrected chi connectivity index (χ4v) is 6.81. The highest BCUT2D eigenvalue weighted by molar-refractivity contribution is 7.67. The highest BCUT2D eigenvalue weighted by atomic mass is 31.2. The molecule has 2 atom stereocenters. The van der Waals surface area contributed by atoms with E-state index >= 15 is 0 Å². The lowest BCUT2D eigenvalue weighted by Gasteiger charge is -2.37. The van der Waals surface area contributed by atoms with E-state index in [1.165, 1.54) is 24.3 Å². The molecule has 1 fully saturated rings. The van der Waals surface area contributed by atoms with Crippen LogP contribution in [0.15, 0.2) is 24.3 Å². The lowest BCUT2D eigenvalue weighted by molar-refractivity contribution is -0.384. The Hall–Kier alpha value is -2.94. The van der Waals surface area contributed by atoms with Crippen LogP contribution in [0.1, 0.15) is 6.92 Å². The van der Waals surface area contributed by atoms with E-state index in [1.807, 2.05) is 0 Å². The van der Waals surface area contributed by atoms with Crippen molar-refractivity contribution in [2.45, 2.75) is 13.0 Å². The molecule has 16 heteroatoms. The van der Waals surface area contributed by atoms with Crippen LogP contribution in [0.5, 0.6) is 0 Å². The number of benzene rings is 1. The number of nitrogens with one attached hydrogen (secondary N) is 1. The predicted octanol–water partition coefficient (Wildman–Crippen LogP) is -0.334. The SMILES string of the molecule is CCOP(=O)(CC1CN(CC(=O)O)CCN(CC(=O)O)CCNCCN1CC(=O)O)c1ccc([N+](=O)[O-])cc1. The summed E-state index contributed by atoms with van der Waals surface area (Å²) in [6.45, 7) is 2.53. The molecule has 0 aliphatic carbocycles. The number of carboxylic acids is 3. The van der Waals surface area contributed by atoms with E-state index < -0.39 is 49.3 Å². The van der Waals surface area contributed by atoms with Gasteiger partial charge in [-0.25, -0.2) is 0 Å². The monoisotopic (exact) mass is 573 g/mol. The fourth-order valence-electron chi connectivity index (χ4n) is 4.43. The molecule has 0 amide bonds. The predicted molar refractivity (Wildman–Crippen MR) is 141 cm³/mol. The van der Waals surface area contributed by atoms with E-state index in [2.05, 4.69) is 5.32 Å². The molecule has 0 aromatic heterocycles. The normalized spacial score (nSPS) is 20.3. The van der Waals surface area contributed by atoms with Crippen LogP contribution < -0.4 is 10.6 Å². The Morgan fingerprint density at radius 2 is 1.54 bits per heavy atom. The molecule has 39 heavy (non-hydrogen) atoms. The average Bonchev–Trinajstić information content (AvgIpc) is 2.84. The number of hydrogen-bond donors (Lipinski definition) is 4. The first-order chi connectivity index (χ1) is 18.4. The molecule has 1 aromatic carbocycles. The van der Waals surface area contributed by atoms with Gasteiger partial charge < -0.3 is 25.2 Å². The first-order valence-electron chi connectivity index (χ1n) is 12.5. The molecule has 2 rings (SSSR count). The van der Waals surface area contributed by atoms with E-state index in [-0.39, 0.29) is 56.5 Å². The molecule has 4 N–H and O–H groups in total. The van der Waals surface area contributed by atoms with E-state index in [0.717, 1.165) is 0 Å². The molecule has 218 valence electrons. The molecule has 2 unspecified atom stereocenters. The topological polar surface area (TPSA) is 203 Å². The Morgan fingerprint density at radius 3 is 2.10 bits per heavy atom. The number of carboxylic acid groups (broad SMARTS) is 3. The molecule has 0 spiro atoms. The molecule has 1 saturated heterocycles. The Morgan fingerprint density at radius 1 is 0.974 bits per heavy atom. The second kappa shape index (κ2) is 15.6. The minimum atomic E-state index is -3.68. The first kappa shape index (κ1) is 32.3. The molecular formula is C23H36N5O10P. The Balaban J connectivity index is 2.45. The first-order valence-corrected chi connectivity index (χ1v) is 14.3. The van der Waals surface area contributed by atoms with Crippen LogP contribution in [-0.2, 0) is 23.5 Å². The second-order valence-corrected chi connectivity index (χ2v) is 11.6. The maximum atomic E-state index is 14.2. The number of nitro benzene ring substituents is 1. The summed E-state index contributed by atoms with van der Waals surface area (Å²) >= 11 is 0. The quantitative estimate of drug-likeness (QED) is 0.144. The molecule has 0 radical (unpaired) electrons. The van der Waals surface area contributed by atoms with Gasteiger partial charge in [0, 0.05) is 75.5 Å². The lowest BCUT2D eigenvalue weighted by atomic mass is 10.2. The van der Waals surface area contributed by atoms with E-state index in [9.17, 15) is 44.4 Å². The molecule has 1 heterocycles. The largest absolute Gasteiger partial charge is 0.480 e. The molecule has 1 aromatic rings. The summed E-state index contributed by atoms with van der Waals surface area (Å²) in [6, 6.07) is 4.41. The third kappa shape index (κ3) is 11.0. The van der Waals surface area contributed by atoms with Crippen molar-refractivity contribution in [1.29, 1.82) is 0 Å². The van der Waals surface area contributed by atoms with Crippen LogP contribution in [0.2, 0.25) is 0 Å². The van der Waals surface area contributed by atoms with Crippen molar-refractivity contribution < 1.29 is 43.7 Å². The molecular weight excluding hydrogens is 537 g/mol. The summed E-state index contributed by atoms with van der Waals surface area (Å²) in [5.74, 6) is -3.26. The standard InChI is InChI=1S/C23H36N5O10P/c1-2-38-39(37,20-5-3-18(4-6-20)28(35)36)17-19-13-26(15-22(31)32)12-11-25(14-21(29)30)9-7-24-8-10-27(19)16-23(33)34/h3-6,19,24H,2,7-17H2,1H3,(H,29,30)(H,31,32)(H,33,34). The number of nitro groups is 1. The zero-order valence-corrected chi connectivity index (χ0v) is 22.7. The highest BCUT2D eigenvalue weighted by Crippen LogP contribution is 2.47. The van der Waals surface area contributed by atoms with Gasteiger partial charge in [-0.15, -0.1) is 0 Å². The number of hydrogen-bond acceptors (Lipinski definition) is 11. The van der Waals surface area contributed by atoms with E-state index in [1.54, 1.807) is 21.6 Å². The van der Waals surface area contributed by atoms with Gasteiger partial charge in [-0.3, -0.25) is 43.8 Å². The van der Waals surface area contributed by atoms with Gasteiger partial charge in [0.1, 0.15) is 0 Å². The van der Waals surface area contributed by atoms with Gasteiger partial charge in [-0.2, -0.15) is 0 Å². The Kier molecular flexibility index (Phi) is 12.9. The molecule has 1 aliphatic rings. The fraction of sp³-hybridized carbons (Fsp3) is 0.609. The molecule has 1 aliphatic heterocycles.